The van der Waals surface area contributed by atoms with Gasteiger partial charge in [0.05, 0.1) is 10.5 Å². The molecule has 0 saturated heterocycles. The Hall–Kier alpha value is -1.89. The largest absolute Gasteiger partial charge is 0.449 e. The van der Waals surface area contributed by atoms with Gasteiger partial charge in [0.2, 0.25) is 0 Å². The molecule has 1 aromatic carbocycles. The second-order valence-electron chi connectivity index (χ2n) is 6.19. The van der Waals surface area contributed by atoms with E-state index in [1.165, 1.54) is 37.6 Å². The monoisotopic (exact) mass is 353 g/mol. The van der Waals surface area contributed by atoms with Gasteiger partial charge in [-0.1, -0.05) is 19.3 Å². The van der Waals surface area contributed by atoms with Gasteiger partial charge in [-0.05, 0) is 44.0 Å². The zero-order valence-corrected chi connectivity index (χ0v) is 14.8. The highest BCUT2D eigenvalue weighted by Gasteiger charge is 2.23. The average Bonchev–Trinajstić information content (AvgIpc) is 2.55. The lowest BCUT2D eigenvalue weighted by Gasteiger charge is -2.24. The molecule has 132 valence electrons. The third-order valence-electron chi connectivity index (χ3n) is 4.12. The van der Waals surface area contributed by atoms with Gasteiger partial charge in [-0.2, -0.15) is 0 Å². The highest BCUT2D eigenvalue weighted by atomic mass is 32.2. The van der Waals surface area contributed by atoms with Crippen LogP contribution in [0, 0.1) is 0 Å². The number of hydrogen-bond donors (Lipinski definition) is 1. The molecule has 24 heavy (non-hydrogen) atoms. The zero-order chi connectivity index (χ0) is 17.7. The Labute approximate surface area is 142 Å². The van der Waals surface area contributed by atoms with Crippen LogP contribution in [0.4, 0.5) is 0 Å². The summed E-state index contributed by atoms with van der Waals surface area (Å²) in [6.45, 7) is 1.53. The number of ether oxygens (including phenoxy) is 1. The van der Waals surface area contributed by atoms with Gasteiger partial charge in [0.1, 0.15) is 0 Å². The summed E-state index contributed by atoms with van der Waals surface area (Å²) in [7, 11) is -3.31. The quantitative estimate of drug-likeness (QED) is 0.819. The molecule has 0 aliphatic heterocycles. The summed E-state index contributed by atoms with van der Waals surface area (Å²) in [5.74, 6) is -0.954. The number of amides is 1. The summed E-state index contributed by atoms with van der Waals surface area (Å²) in [4.78, 5) is 24.3. The van der Waals surface area contributed by atoms with Crippen LogP contribution in [0.5, 0.6) is 0 Å². The lowest BCUT2D eigenvalue weighted by molar-refractivity contribution is -0.130. The van der Waals surface area contributed by atoms with Crippen LogP contribution in [0.25, 0.3) is 0 Å². The van der Waals surface area contributed by atoms with E-state index in [9.17, 15) is 18.0 Å². The number of hydrogen-bond acceptors (Lipinski definition) is 5. The fraction of sp³-hybridized carbons (Fsp3) is 0.529. The average molecular weight is 353 g/mol. The molecule has 1 amide bonds. The molecule has 1 atom stereocenters. The van der Waals surface area contributed by atoms with E-state index >= 15 is 0 Å². The maximum Gasteiger partial charge on any atom is 0.338 e. The Kier molecular flexibility index (Phi) is 5.99. The summed E-state index contributed by atoms with van der Waals surface area (Å²) in [5.41, 5.74) is 0.208. The van der Waals surface area contributed by atoms with Gasteiger partial charge < -0.3 is 10.1 Å². The van der Waals surface area contributed by atoms with Gasteiger partial charge in [-0.25, -0.2) is 13.2 Å². The molecular weight excluding hydrogens is 330 g/mol. The van der Waals surface area contributed by atoms with Gasteiger partial charge in [-0.15, -0.1) is 0 Å². The minimum absolute atomic E-state index is 0.127. The molecule has 6 nitrogen and oxygen atoms in total. The standard InChI is InChI=1S/C17H23NO5S/c1-12(16(19)18-14-6-4-3-5-7-14)23-17(20)13-8-10-15(11-9-13)24(2,21)22/h8-12,14H,3-7H2,1-2H3,(H,18,19). The van der Waals surface area contributed by atoms with Crippen molar-refractivity contribution in [3.05, 3.63) is 29.8 Å². The predicted octanol–water partition coefficient (Wildman–Crippen LogP) is 2.08. The molecule has 1 N–H and O–H groups in total. The lowest BCUT2D eigenvalue weighted by Crippen LogP contribution is -2.42. The van der Waals surface area contributed by atoms with E-state index in [1.54, 1.807) is 0 Å². The highest BCUT2D eigenvalue weighted by molar-refractivity contribution is 7.90. The molecule has 1 unspecified atom stereocenters. The Morgan fingerprint density at radius 1 is 1.12 bits per heavy atom. The number of rotatable bonds is 5. The van der Waals surface area contributed by atoms with E-state index in [1.807, 2.05) is 0 Å². The van der Waals surface area contributed by atoms with Crippen LogP contribution in [0.15, 0.2) is 29.2 Å². The van der Waals surface area contributed by atoms with Crippen LogP contribution in [0.1, 0.15) is 49.4 Å². The topological polar surface area (TPSA) is 89.5 Å². The van der Waals surface area contributed by atoms with Crippen molar-refractivity contribution in [3.8, 4) is 0 Å². The van der Waals surface area contributed by atoms with Gasteiger partial charge in [0.25, 0.3) is 5.91 Å². The summed E-state index contributed by atoms with van der Waals surface area (Å²) in [6, 6.07) is 5.60. The third-order valence-corrected chi connectivity index (χ3v) is 5.25. The first-order valence-electron chi connectivity index (χ1n) is 8.09. The molecular formula is C17H23NO5S. The van der Waals surface area contributed by atoms with E-state index in [2.05, 4.69) is 5.32 Å². The summed E-state index contributed by atoms with van der Waals surface area (Å²) >= 11 is 0. The Morgan fingerprint density at radius 2 is 1.71 bits per heavy atom. The van der Waals surface area contributed by atoms with Crippen molar-refractivity contribution in [2.45, 2.75) is 56.1 Å². The molecule has 0 bridgehead atoms. The number of carbonyl (C=O) groups excluding carboxylic acids is 2. The van der Waals surface area contributed by atoms with E-state index in [4.69, 9.17) is 4.74 Å². The SMILES string of the molecule is CC(OC(=O)c1ccc(S(C)(=O)=O)cc1)C(=O)NC1CCCCC1. The van der Waals surface area contributed by atoms with Gasteiger partial charge in [-0.3, -0.25) is 4.79 Å². The molecule has 1 fully saturated rings. The maximum absolute atomic E-state index is 12.1. The van der Waals surface area contributed by atoms with Gasteiger partial charge in [0, 0.05) is 12.3 Å². The molecule has 0 radical (unpaired) electrons. The van der Waals surface area contributed by atoms with Crippen LogP contribution >= 0.6 is 0 Å². The molecule has 1 aliphatic rings. The molecule has 0 spiro atoms. The maximum atomic E-state index is 12.1. The van der Waals surface area contributed by atoms with Crippen molar-refractivity contribution in [1.29, 1.82) is 0 Å². The van der Waals surface area contributed by atoms with Crippen LogP contribution in [0.3, 0.4) is 0 Å². The molecule has 2 rings (SSSR count). The zero-order valence-electron chi connectivity index (χ0n) is 13.9. The Bertz CT molecular complexity index is 690. The lowest BCUT2D eigenvalue weighted by atomic mass is 9.95. The van der Waals surface area contributed by atoms with E-state index in [0.29, 0.717) is 0 Å². The van der Waals surface area contributed by atoms with Crippen molar-refractivity contribution in [1.82, 2.24) is 5.32 Å². The third kappa shape index (κ3) is 5.06. The second-order valence-corrected chi connectivity index (χ2v) is 8.20. The Balaban J connectivity index is 1.91. The molecule has 1 saturated carbocycles. The van der Waals surface area contributed by atoms with E-state index in [-0.39, 0.29) is 22.4 Å². The van der Waals surface area contributed by atoms with Crippen molar-refractivity contribution in [2.24, 2.45) is 0 Å². The van der Waals surface area contributed by atoms with Gasteiger partial charge in [0.15, 0.2) is 15.9 Å². The number of nitrogens with one attached hydrogen (secondary N) is 1. The Morgan fingerprint density at radius 3 is 2.25 bits per heavy atom. The molecule has 7 heteroatoms. The van der Waals surface area contributed by atoms with Crippen LogP contribution in [-0.4, -0.2) is 38.7 Å². The number of esters is 1. The second kappa shape index (κ2) is 7.79. The number of sulfone groups is 1. The molecule has 1 aliphatic carbocycles. The smallest absolute Gasteiger partial charge is 0.338 e. The van der Waals surface area contributed by atoms with Gasteiger partial charge >= 0.3 is 5.97 Å². The summed E-state index contributed by atoms with van der Waals surface area (Å²) < 4.78 is 28.0. The first-order chi connectivity index (χ1) is 11.3. The first kappa shape index (κ1) is 18.4. The summed E-state index contributed by atoms with van der Waals surface area (Å²) in [6.07, 6.45) is 5.52. The van der Waals surface area contributed by atoms with Crippen molar-refractivity contribution >= 4 is 21.7 Å². The van der Waals surface area contributed by atoms with Crippen LogP contribution in [0.2, 0.25) is 0 Å². The van der Waals surface area contributed by atoms with Crippen LogP contribution in [-0.2, 0) is 19.4 Å². The van der Waals surface area contributed by atoms with Crippen molar-refractivity contribution in [2.75, 3.05) is 6.26 Å². The molecule has 0 heterocycles. The fourth-order valence-corrected chi connectivity index (χ4v) is 3.32. The van der Waals surface area contributed by atoms with E-state index < -0.39 is 21.9 Å². The first-order valence-corrected chi connectivity index (χ1v) is 9.98. The molecule has 0 aromatic heterocycles. The predicted molar refractivity (Wildman–Crippen MR) is 89.4 cm³/mol. The number of carbonyl (C=O) groups is 2. The fourth-order valence-electron chi connectivity index (χ4n) is 2.69. The highest BCUT2D eigenvalue weighted by Crippen LogP contribution is 2.18. The van der Waals surface area contributed by atoms with Crippen molar-refractivity contribution in [3.63, 3.8) is 0 Å². The number of benzene rings is 1. The minimum Gasteiger partial charge on any atom is -0.449 e. The van der Waals surface area contributed by atoms with E-state index in [0.717, 1.165) is 31.9 Å². The molecule has 1 aromatic rings. The van der Waals surface area contributed by atoms with Crippen molar-refractivity contribution < 1.29 is 22.7 Å². The summed E-state index contributed by atoms with van der Waals surface area (Å²) in [5, 5.41) is 2.91. The minimum atomic E-state index is -3.31. The normalized spacial score (nSPS) is 17.1. The van der Waals surface area contributed by atoms with Crippen LogP contribution < -0.4 is 5.32 Å².